The van der Waals surface area contributed by atoms with E-state index in [-0.39, 0.29) is 29.6 Å². The van der Waals surface area contributed by atoms with Gasteiger partial charge in [-0.3, -0.25) is 4.55 Å². The summed E-state index contributed by atoms with van der Waals surface area (Å²) in [7, 11) is -6.90. The molecule has 0 saturated carbocycles. The van der Waals surface area contributed by atoms with E-state index in [1.54, 1.807) is 0 Å². The van der Waals surface area contributed by atoms with Crippen molar-refractivity contribution in [1.82, 2.24) is 0 Å². The van der Waals surface area contributed by atoms with Crippen LogP contribution in [0.5, 0.6) is 0 Å². The van der Waals surface area contributed by atoms with Crippen LogP contribution in [0.25, 0.3) is 0 Å². The Balaban J connectivity index is 0. The van der Waals surface area contributed by atoms with E-state index in [0.29, 0.717) is 0 Å². The Bertz CT molecular complexity index is 403. The van der Waals surface area contributed by atoms with Crippen molar-refractivity contribution in [2.75, 3.05) is 0 Å². The average Bonchev–Trinajstić information content (AvgIpc) is 1.97. The number of hydrogen-bond donors (Lipinski definition) is 2. The normalized spacial score (nSPS) is 16.9. The molecule has 0 aromatic rings. The van der Waals surface area contributed by atoms with Crippen LogP contribution < -0.4 is 0 Å². The first kappa shape index (κ1) is 19.3. The van der Waals surface area contributed by atoms with Crippen molar-refractivity contribution in [1.29, 1.82) is 0 Å². The second kappa shape index (κ2) is 4.91. The summed E-state index contributed by atoms with van der Waals surface area (Å²) in [5.74, 6) is -3.79. The van der Waals surface area contributed by atoms with Crippen LogP contribution in [-0.2, 0) is 14.9 Å². The molecule has 0 radical (unpaired) electrons. The van der Waals surface area contributed by atoms with Gasteiger partial charge in [-0.25, -0.2) is 9.18 Å². The number of aliphatic carboxylic acids is 1. The monoisotopic (exact) mass is 300 g/mol. The molecular weight excluding hydrogens is 297 g/mol. The van der Waals surface area contributed by atoms with Crippen LogP contribution in [0.2, 0.25) is 0 Å². The van der Waals surface area contributed by atoms with Gasteiger partial charge in [0.1, 0.15) is 0 Å². The summed E-state index contributed by atoms with van der Waals surface area (Å²) in [6.45, 7) is 0. The van der Waals surface area contributed by atoms with Gasteiger partial charge in [0.2, 0.25) is 0 Å². The van der Waals surface area contributed by atoms with Crippen LogP contribution in [0.3, 0.4) is 0 Å². The average molecular weight is 300 g/mol. The zero-order chi connectivity index (χ0) is 13.6. The number of hydrogen-bond acceptors (Lipinski definition) is 3. The van der Waals surface area contributed by atoms with E-state index in [2.05, 4.69) is 0 Å². The fourth-order valence-corrected chi connectivity index (χ4v) is 1.15. The second-order valence-electron chi connectivity index (χ2n) is 2.45. The molecule has 13 heteroatoms. The number of rotatable bonds is 3. The summed E-state index contributed by atoms with van der Waals surface area (Å²) in [5.41, 5.74) is -6.44. The van der Waals surface area contributed by atoms with E-state index in [4.69, 9.17) is 9.66 Å². The molecule has 2 N–H and O–H groups in total. The molecule has 0 aromatic carbocycles. The van der Waals surface area contributed by atoms with Crippen molar-refractivity contribution in [2.24, 2.45) is 0 Å². The van der Waals surface area contributed by atoms with Crippen LogP contribution >= 0.6 is 0 Å². The van der Waals surface area contributed by atoms with Crippen LogP contribution in [-0.4, -0.2) is 70.7 Å². The van der Waals surface area contributed by atoms with Gasteiger partial charge in [0.05, 0.1) is 0 Å². The molecule has 0 aliphatic heterocycles. The minimum atomic E-state index is -6.90. The Morgan fingerprint density at radius 1 is 1.00 bits per heavy atom. The van der Waals surface area contributed by atoms with Gasteiger partial charge in [-0.2, -0.15) is 30.4 Å². The van der Waals surface area contributed by atoms with E-state index in [1.807, 2.05) is 0 Å². The standard InChI is InChI=1S/C4H2F6O5S.Na.H/c5-2(1(11)12,3(6,7)8)4(9,10)16(13,14)15;;/h(H,11,12)(H,13,14,15);;. The Morgan fingerprint density at radius 3 is 1.35 bits per heavy atom. The van der Waals surface area contributed by atoms with Gasteiger partial charge in [0.25, 0.3) is 0 Å². The SMILES string of the molecule is O=C(O)C(F)(C(F)(F)F)C(F)(F)S(=O)(=O)O.[NaH]. The summed E-state index contributed by atoms with van der Waals surface area (Å²) in [6.07, 6.45) is -6.74. The third-order valence-electron chi connectivity index (χ3n) is 1.41. The second-order valence-corrected chi connectivity index (χ2v) is 3.92. The zero-order valence-electron chi connectivity index (χ0n) is 6.80. The number of carbonyl (C=O) groups is 1. The van der Waals surface area contributed by atoms with Gasteiger partial charge in [-0.05, 0) is 0 Å². The van der Waals surface area contributed by atoms with E-state index in [1.165, 1.54) is 0 Å². The molecule has 0 heterocycles. The Hall–Kier alpha value is -0.0400. The van der Waals surface area contributed by atoms with Crippen molar-refractivity contribution in [3.63, 3.8) is 0 Å². The molecule has 0 spiro atoms. The Labute approximate surface area is 112 Å². The molecular formula is C4H3F6NaO5S. The molecule has 0 aliphatic carbocycles. The van der Waals surface area contributed by atoms with Gasteiger partial charge >= 0.3 is 62.7 Å². The summed E-state index contributed by atoms with van der Waals surface area (Å²) in [5, 5.41) is 1.15. The molecule has 0 aliphatic rings. The molecule has 0 aromatic heterocycles. The third-order valence-corrected chi connectivity index (χ3v) is 2.34. The summed E-state index contributed by atoms with van der Waals surface area (Å²) < 4.78 is 100. The van der Waals surface area contributed by atoms with Crippen molar-refractivity contribution >= 4 is 45.6 Å². The van der Waals surface area contributed by atoms with E-state index >= 15 is 0 Å². The van der Waals surface area contributed by atoms with E-state index in [0.717, 1.165) is 0 Å². The molecule has 1 unspecified atom stereocenters. The molecule has 17 heavy (non-hydrogen) atoms. The van der Waals surface area contributed by atoms with Gasteiger partial charge in [-0.15, -0.1) is 0 Å². The van der Waals surface area contributed by atoms with Gasteiger partial charge in [-0.1, -0.05) is 0 Å². The number of carboxylic acid groups (broad SMARTS) is 1. The molecule has 0 bridgehead atoms. The quantitative estimate of drug-likeness (QED) is 0.440. The number of halogens is 6. The molecule has 0 amide bonds. The predicted octanol–water partition coefficient (Wildman–Crippen LogP) is 0.174. The predicted molar refractivity (Wildman–Crippen MR) is 41.2 cm³/mol. The van der Waals surface area contributed by atoms with Gasteiger partial charge in [0, 0.05) is 0 Å². The number of alkyl halides is 6. The summed E-state index contributed by atoms with van der Waals surface area (Å²) in [4.78, 5) is 9.81. The van der Waals surface area contributed by atoms with E-state index < -0.39 is 33.2 Å². The first-order valence-corrected chi connectivity index (χ1v) is 4.47. The van der Waals surface area contributed by atoms with Crippen LogP contribution in [0.15, 0.2) is 0 Å². The molecule has 1 atom stereocenters. The third kappa shape index (κ3) is 2.86. The number of carboxylic acids is 1. The van der Waals surface area contributed by atoms with Gasteiger partial charge in [0.15, 0.2) is 0 Å². The van der Waals surface area contributed by atoms with Crippen molar-refractivity contribution in [3.05, 3.63) is 0 Å². The molecule has 0 rings (SSSR count). The minimum absolute atomic E-state index is 0. The van der Waals surface area contributed by atoms with Gasteiger partial charge < -0.3 is 5.11 Å². The fourth-order valence-electron chi connectivity index (χ4n) is 0.588. The molecule has 0 fully saturated rings. The Morgan fingerprint density at radius 2 is 1.29 bits per heavy atom. The summed E-state index contributed by atoms with van der Waals surface area (Å²) in [6, 6.07) is 0. The first-order valence-electron chi connectivity index (χ1n) is 3.03. The maximum absolute atomic E-state index is 12.7. The van der Waals surface area contributed by atoms with Crippen molar-refractivity contribution in [2.45, 2.75) is 17.1 Å². The van der Waals surface area contributed by atoms with Crippen LogP contribution in [0.4, 0.5) is 26.3 Å². The van der Waals surface area contributed by atoms with E-state index in [9.17, 15) is 39.6 Å². The molecule has 0 saturated heterocycles. The topological polar surface area (TPSA) is 91.7 Å². The van der Waals surface area contributed by atoms with Crippen LogP contribution in [0.1, 0.15) is 0 Å². The molecule has 5 nitrogen and oxygen atoms in total. The first-order chi connectivity index (χ1) is 6.69. The van der Waals surface area contributed by atoms with Crippen molar-refractivity contribution < 1.29 is 49.2 Å². The molecule has 98 valence electrons. The van der Waals surface area contributed by atoms with Crippen LogP contribution in [0, 0.1) is 0 Å². The van der Waals surface area contributed by atoms with Crippen molar-refractivity contribution in [3.8, 4) is 0 Å². The fraction of sp³-hybridized carbons (Fsp3) is 0.750. The Kier molecular flexibility index (Phi) is 5.58. The zero-order valence-corrected chi connectivity index (χ0v) is 7.61. The maximum atomic E-state index is 12.7. The summed E-state index contributed by atoms with van der Waals surface area (Å²) >= 11 is 0.